The van der Waals surface area contributed by atoms with Crippen molar-refractivity contribution < 1.29 is 9.18 Å². The molecule has 1 aromatic carbocycles. The number of amides is 2. The fourth-order valence-electron chi connectivity index (χ4n) is 2.99. The lowest BCUT2D eigenvalue weighted by molar-refractivity contribution is 0.220. The Balaban J connectivity index is 1.64. The molecular formula is C14H18FN3O. The molecule has 2 heterocycles. The Morgan fingerprint density at radius 3 is 2.89 bits per heavy atom. The third kappa shape index (κ3) is 2.56. The normalized spacial score (nSPS) is 26.1. The molecule has 2 N–H and O–H groups in total. The summed E-state index contributed by atoms with van der Waals surface area (Å²) in [5.41, 5.74) is 0.250. The van der Waals surface area contributed by atoms with E-state index in [9.17, 15) is 9.18 Å². The van der Waals surface area contributed by atoms with Gasteiger partial charge in [-0.25, -0.2) is 9.18 Å². The predicted octanol–water partition coefficient (Wildman–Crippen LogP) is 1.90. The molecule has 102 valence electrons. The number of carbonyl (C=O) groups excluding carboxylic acids is 1. The van der Waals surface area contributed by atoms with Crippen molar-refractivity contribution in [3.05, 3.63) is 30.1 Å². The van der Waals surface area contributed by atoms with Crippen molar-refractivity contribution in [1.82, 2.24) is 10.2 Å². The van der Waals surface area contributed by atoms with Gasteiger partial charge >= 0.3 is 6.03 Å². The van der Waals surface area contributed by atoms with Gasteiger partial charge in [-0.2, -0.15) is 0 Å². The molecule has 19 heavy (non-hydrogen) atoms. The first-order valence-electron chi connectivity index (χ1n) is 6.75. The number of fused-ring (bicyclic) bond motifs is 1. The number of benzene rings is 1. The molecule has 0 radical (unpaired) electrons. The smallest absolute Gasteiger partial charge is 0.321 e. The quantitative estimate of drug-likeness (QED) is 0.812. The Kier molecular flexibility index (Phi) is 3.38. The molecule has 2 atom stereocenters. The highest BCUT2D eigenvalue weighted by molar-refractivity contribution is 5.89. The molecule has 2 unspecified atom stereocenters. The lowest BCUT2D eigenvalue weighted by atomic mass is 9.90. The molecule has 1 aromatic rings. The van der Waals surface area contributed by atoms with Gasteiger partial charge in [0.05, 0.1) is 5.69 Å². The van der Waals surface area contributed by atoms with Gasteiger partial charge in [-0.15, -0.1) is 0 Å². The van der Waals surface area contributed by atoms with E-state index < -0.39 is 5.82 Å². The van der Waals surface area contributed by atoms with E-state index in [0.717, 1.165) is 32.6 Å². The molecular weight excluding hydrogens is 245 g/mol. The van der Waals surface area contributed by atoms with Gasteiger partial charge in [0.2, 0.25) is 0 Å². The number of anilines is 1. The van der Waals surface area contributed by atoms with Crippen molar-refractivity contribution in [3.8, 4) is 0 Å². The molecule has 0 spiro atoms. The van der Waals surface area contributed by atoms with Gasteiger partial charge in [0, 0.05) is 13.1 Å². The van der Waals surface area contributed by atoms with Crippen molar-refractivity contribution in [1.29, 1.82) is 0 Å². The number of hydrogen-bond acceptors (Lipinski definition) is 2. The van der Waals surface area contributed by atoms with E-state index in [1.165, 1.54) is 6.07 Å². The summed E-state index contributed by atoms with van der Waals surface area (Å²) in [7, 11) is 0. The van der Waals surface area contributed by atoms with Crippen LogP contribution in [0.25, 0.3) is 0 Å². The third-order valence-electron chi connectivity index (χ3n) is 4.08. The number of nitrogens with one attached hydrogen (secondary N) is 2. The highest BCUT2D eigenvalue weighted by Gasteiger charge is 2.36. The Hall–Kier alpha value is -1.62. The Morgan fingerprint density at radius 2 is 2.11 bits per heavy atom. The SMILES string of the molecule is O=C(Nc1ccccc1F)N1CC2CCNCC2C1. The van der Waals surface area contributed by atoms with Crippen LogP contribution in [0.15, 0.2) is 24.3 Å². The summed E-state index contributed by atoms with van der Waals surface area (Å²) in [5.74, 6) is 0.738. The molecule has 0 saturated carbocycles. The summed E-state index contributed by atoms with van der Waals surface area (Å²) in [4.78, 5) is 13.9. The van der Waals surface area contributed by atoms with Crippen LogP contribution in [-0.4, -0.2) is 37.1 Å². The number of halogens is 1. The van der Waals surface area contributed by atoms with Crippen LogP contribution in [-0.2, 0) is 0 Å². The molecule has 3 rings (SSSR count). The summed E-state index contributed by atoms with van der Waals surface area (Å²) < 4.78 is 13.5. The van der Waals surface area contributed by atoms with Gasteiger partial charge in [0.15, 0.2) is 0 Å². The Morgan fingerprint density at radius 1 is 1.32 bits per heavy atom. The predicted molar refractivity (Wildman–Crippen MR) is 71.5 cm³/mol. The van der Waals surface area contributed by atoms with E-state index in [4.69, 9.17) is 0 Å². The van der Waals surface area contributed by atoms with Gasteiger partial charge < -0.3 is 15.5 Å². The van der Waals surface area contributed by atoms with Crippen molar-refractivity contribution in [2.45, 2.75) is 6.42 Å². The minimum Gasteiger partial charge on any atom is -0.324 e. The van der Waals surface area contributed by atoms with E-state index in [0.29, 0.717) is 11.8 Å². The van der Waals surface area contributed by atoms with E-state index in [2.05, 4.69) is 10.6 Å². The Labute approximate surface area is 112 Å². The summed E-state index contributed by atoms with van der Waals surface area (Å²) in [5, 5.41) is 6.01. The third-order valence-corrected chi connectivity index (χ3v) is 4.08. The lowest BCUT2D eigenvalue weighted by Gasteiger charge is -2.23. The zero-order valence-corrected chi connectivity index (χ0v) is 10.7. The number of hydrogen-bond donors (Lipinski definition) is 2. The van der Waals surface area contributed by atoms with Crippen LogP contribution in [0, 0.1) is 17.7 Å². The highest BCUT2D eigenvalue weighted by atomic mass is 19.1. The zero-order valence-electron chi connectivity index (χ0n) is 10.7. The monoisotopic (exact) mass is 263 g/mol. The summed E-state index contributed by atoms with van der Waals surface area (Å²) in [6.45, 7) is 3.56. The molecule has 5 heteroatoms. The van der Waals surface area contributed by atoms with Crippen molar-refractivity contribution in [2.75, 3.05) is 31.5 Å². The maximum Gasteiger partial charge on any atom is 0.321 e. The van der Waals surface area contributed by atoms with Crippen LogP contribution in [0.2, 0.25) is 0 Å². The largest absolute Gasteiger partial charge is 0.324 e. The minimum atomic E-state index is -0.394. The van der Waals surface area contributed by atoms with Crippen molar-refractivity contribution in [2.24, 2.45) is 11.8 Å². The molecule has 2 amide bonds. The number of urea groups is 1. The van der Waals surface area contributed by atoms with E-state index >= 15 is 0 Å². The molecule has 0 bridgehead atoms. The second-order valence-corrected chi connectivity index (χ2v) is 5.33. The molecule has 4 nitrogen and oxygen atoms in total. The van der Waals surface area contributed by atoms with Crippen LogP contribution in [0.5, 0.6) is 0 Å². The van der Waals surface area contributed by atoms with E-state index in [-0.39, 0.29) is 11.7 Å². The number of likely N-dealkylation sites (tertiary alicyclic amines) is 1. The van der Waals surface area contributed by atoms with Gasteiger partial charge in [0.1, 0.15) is 5.82 Å². The van der Waals surface area contributed by atoms with Crippen LogP contribution in [0.4, 0.5) is 14.9 Å². The summed E-state index contributed by atoms with van der Waals surface area (Å²) in [6.07, 6.45) is 1.12. The Bertz CT molecular complexity index is 466. The second-order valence-electron chi connectivity index (χ2n) is 5.33. The van der Waals surface area contributed by atoms with Gasteiger partial charge in [-0.05, 0) is 43.5 Å². The molecule has 2 aliphatic heterocycles. The van der Waals surface area contributed by atoms with E-state index in [1.807, 2.05) is 0 Å². The fourth-order valence-corrected chi connectivity index (χ4v) is 2.99. The first-order chi connectivity index (χ1) is 9.24. The van der Waals surface area contributed by atoms with Crippen LogP contribution < -0.4 is 10.6 Å². The maximum atomic E-state index is 13.5. The van der Waals surface area contributed by atoms with Gasteiger partial charge in [-0.3, -0.25) is 0 Å². The van der Waals surface area contributed by atoms with Gasteiger partial charge in [0.25, 0.3) is 0 Å². The summed E-state index contributed by atoms with van der Waals surface area (Å²) in [6, 6.07) is 6.06. The number of rotatable bonds is 1. The fraction of sp³-hybridized carbons (Fsp3) is 0.500. The first-order valence-corrected chi connectivity index (χ1v) is 6.75. The van der Waals surface area contributed by atoms with Crippen LogP contribution >= 0.6 is 0 Å². The van der Waals surface area contributed by atoms with Crippen molar-refractivity contribution in [3.63, 3.8) is 0 Å². The average molecular weight is 263 g/mol. The average Bonchev–Trinajstić information content (AvgIpc) is 2.85. The van der Waals surface area contributed by atoms with Crippen molar-refractivity contribution >= 4 is 11.7 Å². The lowest BCUT2D eigenvalue weighted by Crippen LogP contribution is -2.36. The van der Waals surface area contributed by atoms with E-state index in [1.54, 1.807) is 23.1 Å². The second kappa shape index (κ2) is 5.17. The molecule has 0 aromatic heterocycles. The zero-order chi connectivity index (χ0) is 13.2. The molecule has 0 aliphatic carbocycles. The number of carbonyl (C=O) groups is 1. The first kappa shape index (κ1) is 12.4. The number of nitrogens with zero attached hydrogens (tertiary/aromatic N) is 1. The topological polar surface area (TPSA) is 44.4 Å². The number of piperidine rings is 1. The van der Waals surface area contributed by atoms with Gasteiger partial charge in [-0.1, -0.05) is 12.1 Å². The minimum absolute atomic E-state index is 0.195. The molecule has 2 aliphatic rings. The summed E-state index contributed by atoms with van der Waals surface area (Å²) >= 11 is 0. The van der Waals surface area contributed by atoms with Crippen LogP contribution in [0.3, 0.4) is 0 Å². The standard InChI is InChI=1S/C14H18FN3O/c15-12-3-1-2-4-13(12)17-14(19)18-8-10-5-6-16-7-11(10)9-18/h1-4,10-11,16H,5-9H2,(H,17,19). The highest BCUT2D eigenvalue weighted by Crippen LogP contribution is 2.28. The molecule has 2 fully saturated rings. The van der Waals surface area contributed by atoms with Crippen LogP contribution in [0.1, 0.15) is 6.42 Å². The number of para-hydroxylation sites is 1. The maximum absolute atomic E-state index is 13.5. The molecule has 2 saturated heterocycles.